The normalized spacial score (nSPS) is 13.5. The van der Waals surface area contributed by atoms with E-state index in [0.717, 1.165) is 0 Å². The van der Waals surface area contributed by atoms with Crippen molar-refractivity contribution < 1.29 is 0 Å². The lowest BCUT2D eigenvalue weighted by Crippen LogP contribution is -2.25. The van der Waals surface area contributed by atoms with Gasteiger partial charge in [-0.1, -0.05) is 169 Å². The third-order valence-electron chi connectivity index (χ3n) is 12.3. The summed E-state index contributed by atoms with van der Waals surface area (Å²) < 4.78 is 2.73. The first-order valence-corrected chi connectivity index (χ1v) is 19.7. The van der Waals surface area contributed by atoms with E-state index in [1.807, 2.05) is 11.3 Å². The van der Waals surface area contributed by atoms with Gasteiger partial charge < -0.3 is 0 Å². The van der Waals surface area contributed by atoms with E-state index in [1.165, 1.54) is 120 Å². The largest absolute Gasteiger partial charge is 0.135 e. The summed E-state index contributed by atoms with van der Waals surface area (Å²) in [5.74, 6) is 0. The average Bonchev–Trinajstić information content (AvgIpc) is 3.83. The molecule has 0 saturated heterocycles. The van der Waals surface area contributed by atoms with E-state index in [1.54, 1.807) is 0 Å². The molecule has 1 aromatic heterocycles. The summed E-state index contributed by atoms with van der Waals surface area (Å²) in [7, 11) is 0. The Kier molecular flexibility index (Phi) is 6.09. The second-order valence-electron chi connectivity index (χ2n) is 15.3. The van der Waals surface area contributed by atoms with Crippen molar-refractivity contribution in [3.8, 4) is 44.5 Å². The molecular formula is C53H34S. The summed E-state index contributed by atoms with van der Waals surface area (Å²) >= 11 is 1.94. The van der Waals surface area contributed by atoms with E-state index in [4.69, 9.17) is 0 Å². The van der Waals surface area contributed by atoms with Crippen LogP contribution in [0.15, 0.2) is 170 Å². The Morgan fingerprint density at radius 3 is 1.52 bits per heavy atom. The van der Waals surface area contributed by atoms with E-state index in [9.17, 15) is 0 Å². The van der Waals surface area contributed by atoms with Gasteiger partial charge in [0, 0.05) is 25.7 Å². The Labute approximate surface area is 318 Å². The molecular weight excluding hydrogens is 669 g/mol. The van der Waals surface area contributed by atoms with Gasteiger partial charge in [0.2, 0.25) is 0 Å². The van der Waals surface area contributed by atoms with Crippen molar-refractivity contribution in [3.05, 3.63) is 203 Å². The molecule has 2 aliphatic rings. The summed E-state index contributed by atoms with van der Waals surface area (Å²) in [5.41, 5.74) is 18.2. The van der Waals surface area contributed by atoms with Gasteiger partial charge in [0.1, 0.15) is 0 Å². The summed E-state index contributed by atoms with van der Waals surface area (Å²) in [4.78, 5) is 0. The predicted molar refractivity (Wildman–Crippen MR) is 231 cm³/mol. The molecule has 0 saturated carbocycles. The first kappa shape index (κ1) is 30.2. The van der Waals surface area contributed by atoms with Crippen molar-refractivity contribution in [2.45, 2.75) is 19.3 Å². The molecule has 9 aromatic carbocycles. The smallest absolute Gasteiger partial charge is 0.0726 e. The molecule has 1 spiro atoms. The first-order valence-electron chi connectivity index (χ1n) is 18.9. The van der Waals surface area contributed by atoms with Gasteiger partial charge in [-0.05, 0) is 109 Å². The molecule has 0 nitrogen and oxygen atoms in total. The van der Waals surface area contributed by atoms with Crippen molar-refractivity contribution in [2.24, 2.45) is 0 Å². The number of benzene rings is 9. The second kappa shape index (κ2) is 10.9. The summed E-state index contributed by atoms with van der Waals surface area (Å²) in [6.07, 6.45) is 0. The van der Waals surface area contributed by atoms with Crippen LogP contribution in [0.5, 0.6) is 0 Å². The quantitative estimate of drug-likeness (QED) is 0.157. The molecule has 0 bridgehead atoms. The lowest BCUT2D eigenvalue weighted by molar-refractivity contribution is 0.795. The number of rotatable bonds is 2. The molecule has 0 unspecified atom stereocenters. The van der Waals surface area contributed by atoms with Crippen molar-refractivity contribution in [2.75, 3.05) is 0 Å². The van der Waals surface area contributed by atoms with Crippen molar-refractivity contribution >= 4 is 53.1 Å². The van der Waals surface area contributed by atoms with Crippen LogP contribution in [0.3, 0.4) is 0 Å². The van der Waals surface area contributed by atoms with Crippen LogP contribution in [-0.4, -0.2) is 0 Å². The summed E-state index contributed by atoms with van der Waals surface area (Å²) in [5, 5.41) is 7.84. The van der Waals surface area contributed by atoms with Crippen LogP contribution in [-0.2, 0) is 5.41 Å². The second-order valence-corrected chi connectivity index (χ2v) is 16.3. The molecule has 0 N–H and O–H groups in total. The molecule has 1 heteroatoms. The van der Waals surface area contributed by atoms with Gasteiger partial charge in [-0.3, -0.25) is 0 Å². The predicted octanol–water partition coefficient (Wildman–Crippen LogP) is 14.7. The Morgan fingerprint density at radius 1 is 0.352 bits per heavy atom. The van der Waals surface area contributed by atoms with E-state index >= 15 is 0 Å². The van der Waals surface area contributed by atoms with Gasteiger partial charge in [0.15, 0.2) is 0 Å². The zero-order chi connectivity index (χ0) is 35.7. The zero-order valence-corrected chi connectivity index (χ0v) is 30.9. The molecule has 1 heterocycles. The van der Waals surface area contributed by atoms with Crippen LogP contribution in [0.25, 0.3) is 86.2 Å². The van der Waals surface area contributed by atoms with Gasteiger partial charge in [-0.15, -0.1) is 11.3 Å². The number of hydrogen-bond donors (Lipinski definition) is 0. The Morgan fingerprint density at radius 2 is 0.889 bits per heavy atom. The monoisotopic (exact) mass is 702 g/mol. The SMILES string of the molecule is Cc1cc(C)cc(-c2c3ccccc3c(-c3ccc4c(c3)C3(c5ccccc5-c5ccccc53)c3ccc5c(sc6ccccc65)c3-4)c3ccccc23)c1. The van der Waals surface area contributed by atoms with Gasteiger partial charge in [-0.25, -0.2) is 0 Å². The Bertz CT molecular complexity index is 3120. The van der Waals surface area contributed by atoms with Crippen LogP contribution in [0.2, 0.25) is 0 Å². The Balaban J connectivity index is 1.22. The zero-order valence-electron chi connectivity index (χ0n) is 30.1. The lowest BCUT2D eigenvalue weighted by Gasteiger charge is -2.31. The number of fused-ring (bicyclic) bond motifs is 16. The van der Waals surface area contributed by atoms with Crippen LogP contribution in [0.4, 0.5) is 0 Å². The number of thiophene rings is 1. The van der Waals surface area contributed by atoms with Crippen molar-refractivity contribution in [3.63, 3.8) is 0 Å². The van der Waals surface area contributed by atoms with Crippen LogP contribution >= 0.6 is 11.3 Å². The molecule has 0 fully saturated rings. The highest BCUT2D eigenvalue weighted by Crippen LogP contribution is 2.65. The average molecular weight is 703 g/mol. The minimum absolute atomic E-state index is 0.428. The summed E-state index contributed by atoms with van der Waals surface area (Å²) in [6, 6.07) is 64.6. The van der Waals surface area contributed by atoms with Gasteiger partial charge in [0.25, 0.3) is 0 Å². The van der Waals surface area contributed by atoms with Crippen LogP contribution in [0.1, 0.15) is 33.4 Å². The van der Waals surface area contributed by atoms with E-state index in [0.29, 0.717) is 0 Å². The molecule has 252 valence electrons. The fraction of sp³-hybridized carbons (Fsp3) is 0.0566. The van der Waals surface area contributed by atoms with E-state index in [2.05, 4.69) is 184 Å². The number of hydrogen-bond acceptors (Lipinski definition) is 1. The van der Waals surface area contributed by atoms with E-state index < -0.39 is 5.41 Å². The standard InChI is InChI=1S/C53H34S/c1-31-27-32(2)29-34(28-31)50-40-18-5-3-16-38(40)49(39-17-4-6-19-41(39)50)33-23-24-43-47(30-33)53(44-20-10-7-13-35(44)36-14-8-11-21-45(36)53)46-26-25-42-37-15-9-12-22-48(37)54-52(42)51(43)46/h3-30H,1-2H3. The van der Waals surface area contributed by atoms with Gasteiger partial charge in [0.05, 0.1) is 5.41 Å². The molecule has 12 rings (SSSR count). The van der Waals surface area contributed by atoms with E-state index in [-0.39, 0.29) is 0 Å². The number of aryl methyl sites for hydroxylation is 2. The minimum atomic E-state index is -0.428. The molecule has 2 aliphatic carbocycles. The third kappa shape index (κ3) is 3.82. The minimum Gasteiger partial charge on any atom is -0.135 e. The van der Waals surface area contributed by atoms with Crippen molar-refractivity contribution in [1.29, 1.82) is 0 Å². The highest BCUT2D eigenvalue weighted by molar-refractivity contribution is 7.26. The van der Waals surface area contributed by atoms with Gasteiger partial charge >= 0.3 is 0 Å². The maximum atomic E-state index is 2.57. The Hall–Kier alpha value is -6.28. The highest BCUT2D eigenvalue weighted by atomic mass is 32.1. The van der Waals surface area contributed by atoms with Crippen molar-refractivity contribution in [1.82, 2.24) is 0 Å². The highest BCUT2D eigenvalue weighted by Gasteiger charge is 2.52. The van der Waals surface area contributed by atoms with Gasteiger partial charge in [-0.2, -0.15) is 0 Å². The molecule has 54 heavy (non-hydrogen) atoms. The molecule has 0 atom stereocenters. The maximum absolute atomic E-state index is 2.57. The fourth-order valence-corrected chi connectivity index (χ4v) is 11.7. The molecule has 10 aromatic rings. The lowest BCUT2D eigenvalue weighted by atomic mass is 9.70. The third-order valence-corrected chi connectivity index (χ3v) is 13.5. The molecule has 0 amide bonds. The first-order chi connectivity index (χ1) is 26.6. The molecule has 0 aliphatic heterocycles. The topological polar surface area (TPSA) is 0 Å². The van der Waals surface area contributed by atoms with Crippen LogP contribution in [0, 0.1) is 13.8 Å². The summed E-state index contributed by atoms with van der Waals surface area (Å²) in [6.45, 7) is 4.42. The van der Waals surface area contributed by atoms with Crippen LogP contribution < -0.4 is 0 Å². The molecule has 0 radical (unpaired) electrons. The maximum Gasteiger partial charge on any atom is 0.0726 e. The fourth-order valence-electron chi connectivity index (χ4n) is 10.4.